The van der Waals surface area contributed by atoms with Crippen LogP contribution in [0.1, 0.15) is 37.6 Å². The Morgan fingerprint density at radius 2 is 2.05 bits per heavy atom. The molecule has 0 fully saturated rings. The van der Waals surface area contributed by atoms with Gasteiger partial charge >= 0.3 is 5.69 Å². The molecule has 1 aliphatic rings. The Balaban J connectivity index is 2.39. The first-order chi connectivity index (χ1) is 9.85. The average Bonchev–Trinajstić information content (AvgIpc) is 2.78. The first-order valence-corrected chi connectivity index (χ1v) is 8.05. The molecule has 0 spiro atoms. The molecular weight excluding hydrogens is 288 g/mol. The second-order valence-electron chi connectivity index (χ2n) is 6.21. The van der Waals surface area contributed by atoms with E-state index in [2.05, 4.69) is 13.8 Å². The van der Waals surface area contributed by atoms with Gasteiger partial charge in [-0.05, 0) is 20.3 Å². The van der Waals surface area contributed by atoms with Gasteiger partial charge in [0, 0.05) is 30.5 Å². The summed E-state index contributed by atoms with van der Waals surface area (Å²) in [7, 11) is 1.55. The van der Waals surface area contributed by atoms with Gasteiger partial charge in [-0.2, -0.15) is 0 Å². The lowest BCUT2D eigenvalue weighted by molar-refractivity contribution is -0.0384. The number of aryl methyl sites for hydroxylation is 1. The van der Waals surface area contributed by atoms with Gasteiger partial charge in [0.15, 0.2) is 0 Å². The average molecular weight is 308 g/mol. The summed E-state index contributed by atoms with van der Waals surface area (Å²) in [5, 5.41) is 0. The fourth-order valence-corrected chi connectivity index (χ4v) is 4.38. The van der Waals surface area contributed by atoms with Crippen LogP contribution in [0.15, 0.2) is 9.59 Å². The van der Waals surface area contributed by atoms with Crippen molar-refractivity contribution in [2.75, 3.05) is 0 Å². The van der Waals surface area contributed by atoms with Crippen molar-refractivity contribution >= 4 is 21.6 Å². The third kappa shape index (κ3) is 2.17. The third-order valence-corrected chi connectivity index (χ3v) is 5.20. The number of thiophene rings is 1. The van der Waals surface area contributed by atoms with Crippen LogP contribution in [0.3, 0.4) is 0 Å². The number of fused-ring (bicyclic) bond motifs is 3. The third-order valence-electron chi connectivity index (χ3n) is 3.99. The maximum atomic E-state index is 12.4. The van der Waals surface area contributed by atoms with Gasteiger partial charge in [-0.15, -0.1) is 11.3 Å². The molecule has 0 aromatic carbocycles. The normalized spacial score (nSPS) is 17.1. The summed E-state index contributed by atoms with van der Waals surface area (Å²) >= 11 is 1.52. The molecule has 5 nitrogen and oxygen atoms in total. The molecule has 0 radical (unpaired) electrons. The SMILES string of the molecule is CCCn1c(=O)n(C)c(=O)c2sc3c(c21)COC(C)(C)C3. The molecule has 0 aliphatic carbocycles. The predicted octanol–water partition coefficient (Wildman–Crippen LogP) is 2.02. The minimum Gasteiger partial charge on any atom is -0.370 e. The quantitative estimate of drug-likeness (QED) is 0.853. The van der Waals surface area contributed by atoms with E-state index in [1.54, 1.807) is 11.6 Å². The highest BCUT2D eigenvalue weighted by atomic mass is 32.1. The monoisotopic (exact) mass is 308 g/mol. The Morgan fingerprint density at radius 1 is 1.33 bits per heavy atom. The van der Waals surface area contributed by atoms with E-state index >= 15 is 0 Å². The summed E-state index contributed by atoms with van der Waals surface area (Å²) in [4.78, 5) is 26.0. The fourth-order valence-electron chi connectivity index (χ4n) is 2.88. The maximum absolute atomic E-state index is 12.4. The largest absolute Gasteiger partial charge is 0.370 e. The lowest BCUT2D eigenvalue weighted by Crippen LogP contribution is -2.38. The topological polar surface area (TPSA) is 53.2 Å². The molecule has 0 atom stereocenters. The molecule has 2 aromatic rings. The van der Waals surface area contributed by atoms with Gasteiger partial charge in [-0.25, -0.2) is 4.79 Å². The number of ether oxygens (including phenoxy) is 1. The van der Waals surface area contributed by atoms with Gasteiger partial charge < -0.3 is 4.74 Å². The molecule has 0 saturated heterocycles. The highest BCUT2D eigenvalue weighted by Gasteiger charge is 2.31. The summed E-state index contributed by atoms with van der Waals surface area (Å²) in [5.74, 6) is 0. The van der Waals surface area contributed by atoms with Gasteiger partial charge in [0.05, 0.1) is 17.7 Å². The molecule has 21 heavy (non-hydrogen) atoms. The molecule has 3 heterocycles. The van der Waals surface area contributed by atoms with Crippen LogP contribution in [-0.2, 0) is 31.4 Å². The van der Waals surface area contributed by atoms with Crippen molar-refractivity contribution in [3.63, 3.8) is 0 Å². The maximum Gasteiger partial charge on any atom is 0.331 e. The molecule has 0 bridgehead atoms. The summed E-state index contributed by atoms with van der Waals surface area (Å²) < 4.78 is 9.51. The molecule has 0 saturated carbocycles. The van der Waals surface area contributed by atoms with Crippen LogP contribution >= 0.6 is 11.3 Å². The van der Waals surface area contributed by atoms with E-state index < -0.39 is 0 Å². The van der Waals surface area contributed by atoms with E-state index in [4.69, 9.17) is 4.74 Å². The van der Waals surface area contributed by atoms with Gasteiger partial charge in [-0.1, -0.05) is 6.92 Å². The van der Waals surface area contributed by atoms with Crippen LogP contribution in [-0.4, -0.2) is 14.7 Å². The number of nitrogens with zero attached hydrogens (tertiary/aromatic N) is 2. The molecule has 6 heteroatoms. The van der Waals surface area contributed by atoms with Crippen molar-refractivity contribution in [1.29, 1.82) is 0 Å². The van der Waals surface area contributed by atoms with Crippen molar-refractivity contribution in [3.8, 4) is 0 Å². The highest BCUT2D eigenvalue weighted by molar-refractivity contribution is 7.19. The van der Waals surface area contributed by atoms with Crippen LogP contribution < -0.4 is 11.2 Å². The van der Waals surface area contributed by atoms with Gasteiger partial charge in [0.1, 0.15) is 4.70 Å². The number of rotatable bonds is 2. The standard InChI is InChI=1S/C15H20N2O3S/c1-5-6-17-11-9-8-20-15(2,3)7-10(9)21-12(11)13(18)16(4)14(17)19/h5-8H2,1-4H3. The smallest absolute Gasteiger partial charge is 0.331 e. The lowest BCUT2D eigenvalue weighted by atomic mass is 9.98. The van der Waals surface area contributed by atoms with Crippen LogP contribution in [0.5, 0.6) is 0 Å². The Bertz CT molecular complexity index is 826. The van der Waals surface area contributed by atoms with E-state index in [0.717, 1.165) is 23.9 Å². The highest BCUT2D eigenvalue weighted by Crippen LogP contribution is 2.37. The van der Waals surface area contributed by atoms with Crippen LogP contribution in [0, 0.1) is 0 Å². The summed E-state index contributed by atoms with van der Waals surface area (Å²) in [6.07, 6.45) is 1.63. The zero-order valence-electron chi connectivity index (χ0n) is 12.9. The molecule has 1 aliphatic heterocycles. The summed E-state index contributed by atoms with van der Waals surface area (Å²) in [5.41, 5.74) is 1.17. The van der Waals surface area contributed by atoms with Crippen LogP contribution in [0.2, 0.25) is 0 Å². The van der Waals surface area contributed by atoms with Crippen LogP contribution in [0.4, 0.5) is 0 Å². The number of aromatic nitrogens is 2. The first-order valence-electron chi connectivity index (χ1n) is 7.23. The minimum absolute atomic E-state index is 0.195. The van der Waals surface area contributed by atoms with Gasteiger partial charge in [0.2, 0.25) is 0 Å². The fraction of sp³-hybridized carbons (Fsp3) is 0.600. The molecule has 0 amide bonds. The molecule has 0 N–H and O–H groups in total. The van der Waals surface area contributed by atoms with Gasteiger partial charge in [0.25, 0.3) is 5.56 Å². The molecule has 114 valence electrons. The van der Waals surface area contributed by atoms with Gasteiger partial charge in [-0.3, -0.25) is 13.9 Å². The van der Waals surface area contributed by atoms with Crippen molar-refractivity contribution in [2.45, 2.75) is 52.4 Å². The summed E-state index contributed by atoms with van der Waals surface area (Å²) in [6.45, 7) is 7.23. The predicted molar refractivity (Wildman–Crippen MR) is 84.2 cm³/mol. The number of hydrogen-bond acceptors (Lipinski definition) is 4. The molecule has 3 rings (SSSR count). The van der Waals surface area contributed by atoms with Crippen molar-refractivity contribution in [3.05, 3.63) is 31.3 Å². The Morgan fingerprint density at radius 3 is 2.71 bits per heavy atom. The van der Waals surface area contributed by atoms with E-state index in [-0.39, 0.29) is 16.9 Å². The van der Waals surface area contributed by atoms with E-state index in [0.29, 0.717) is 17.9 Å². The van der Waals surface area contributed by atoms with E-state index in [1.165, 1.54) is 20.8 Å². The Labute approximate surface area is 126 Å². The van der Waals surface area contributed by atoms with Crippen molar-refractivity contribution in [1.82, 2.24) is 9.13 Å². The molecule has 2 aromatic heterocycles. The first kappa shape index (κ1) is 14.5. The zero-order valence-corrected chi connectivity index (χ0v) is 13.7. The Kier molecular flexibility index (Phi) is 3.33. The van der Waals surface area contributed by atoms with Crippen molar-refractivity contribution in [2.24, 2.45) is 7.05 Å². The molecular formula is C15H20N2O3S. The van der Waals surface area contributed by atoms with Crippen LogP contribution in [0.25, 0.3) is 10.2 Å². The zero-order chi connectivity index (χ0) is 15.4. The second kappa shape index (κ2) is 4.81. The lowest BCUT2D eigenvalue weighted by Gasteiger charge is -2.30. The van der Waals surface area contributed by atoms with Crippen molar-refractivity contribution < 1.29 is 4.74 Å². The summed E-state index contributed by atoms with van der Waals surface area (Å²) in [6, 6.07) is 0. The minimum atomic E-state index is -0.236. The van der Waals surface area contributed by atoms with E-state index in [9.17, 15) is 9.59 Å². The van der Waals surface area contributed by atoms with E-state index in [1.807, 2.05) is 6.92 Å². The number of hydrogen-bond donors (Lipinski definition) is 0. The molecule has 0 unspecified atom stereocenters. The second-order valence-corrected chi connectivity index (χ2v) is 7.31. The Hall–Kier alpha value is -1.40.